The van der Waals surface area contributed by atoms with Gasteiger partial charge in [0.05, 0.1) is 24.8 Å². The fourth-order valence-corrected chi connectivity index (χ4v) is 6.55. The van der Waals surface area contributed by atoms with Gasteiger partial charge in [-0.1, -0.05) is 16.5 Å². The largest absolute Gasteiger partial charge is 0.496 e. The number of benzene rings is 1. The number of methoxy groups -OCH3 is 1. The van der Waals surface area contributed by atoms with Crippen LogP contribution in [0.3, 0.4) is 0 Å². The Morgan fingerprint density at radius 1 is 1.38 bits per heavy atom. The summed E-state index contributed by atoms with van der Waals surface area (Å²) in [5.74, 6) is -0.0115. The SMILES string of the molecule is COc1cc(F)ccc1-c1cnc2sc(N3CCC(CN=[N+]=[N-])(CS(C)(=O)=O)CC3)nn12. The molecule has 0 unspecified atom stereocenters. The monoisotopic (exact) mass is 479 g/mol. The van der Waals surface area contributed by atoms with Crippen LogP contribution in [-0.2, 0) is 9.84 Å². The molecular formula is C19H22FN7O3S2. The van der Waals surface area contributed by atoms with E-state index in [1.807, 2.05) is 0 Å². The molecule has 1 aliphatic rings. The van der Waals surface area contributed by atoms with E-state index in [1.165, 1.54) is 36.8 Å². The summed E-state index contributed by atoms with van der Waals surface area (Å²) in [6.45, 7) is 1.32. The van der Waals surface area contributed by atoms with Crippen LogP contribution in [-0.4, -0.2) is 61.8 Å². The molecule has 0 bridgehead atoms. The lowest BCUT2D eigenvalue weighted by molar-refractivity contribution is 0.261. The number of sulfone groups is 1. The number of piperidine rings is 1. The van der Waals surface area contributed by atoms with Gasteiger partial charge in [0.2, 0.25) is 10.1 Å². The molecule has 1 aliphatic heterocycles. The highest BCUT2D eigenvalue weighted by Crippen LogP contribution is 2.38. The van der Waals surface area contributed by atoms with Crippen molar-refractivity contribution < 1.29 is 17.5 Å². The molecule has 32 heavy (non-hydrogen) atoms. The molecule has 13 heteroatoms. The summed E-state index contributed by atoms with van der Waals surface area (Å²) in [6, 6.07) is 4.31. The molecule has 0 atom stereocenters. The van der Waals surface area contributed by atoms with Crippen LogP contribution in [0.1, 0.15) is 12.8 Å². The lowest BCUT2D eigenvalue weighted by Gasteiger charge is -2.40. The Kier molecular flexibility index (Phi) is 5.97. The first-order chi connectivity index (χ1) is 15.2. The van der Waals surface area contributed by atoms with Gasteiger partial charge in [0.15, 0.2) is 0 Å². The Labute approximate surface area is 188 Å². The number of hydrogen-bond acceptors (Lipinski definition) is 8. The Balaban J connectivity index is 1.59. The zero-order valence-electron chi connectivity index (χ0n) is 17.6. The van der Waals surface area contributed by atoms with E-state index < -0.39 is 21.1 Å². The Morgan fingerprint density at radius 3 is 2.78 bits per heavy atom. The fraction of sp³-hybridized carbons (Fsp3) is 0.474. The summed E-state index contributed by atoms with van der Waals surface area (Å²) >= 11 is 1.42. The summed E-state index contributed by atoms with van der Waals surface area (Å²) in [6.07, 6.45) is 4.02. The summed E-state index contributed by atoms with van der Waals surface area (Å²) in [7, 11) is -1.74. The predicted octanol–water partition coefficient (Wildman–Crippen LogP) is 3.55. The normalized spacial score (nSPS) is 16.2. The Morgan fingerprint density at radius 2 is 2.12 bits per heavy atom. The lowest BCUT2D eigenvalue weighted by atomic mass is 9.80. The highest BCUT2D eigenvalue weighted by Gasteiger charge is 2.38. The van der Waals surface area contributed by atoms with E-state index in [1.54, 1.807) is 16.8 Å². The van der Waals surface area contributed by atoms with Gasteiger partial charge in [0.25, 0.3) is 0 Å². The van der Waals surface area contributed by atoms with Crippen molar-refractivity contribution in [2.75, 3.05) is 43.7 Å². The van der Waals surface area contributed by atoms with E-state index in [4.69, 9.17) is 15.4 Å². The molecule has 0 saturated carbocycles. The van der Waals surface area contributed by atoms with Crippen molar-refractivity contribution in [1.29, 1.82) is 0 Å². The zero-order chi connectivity index (χ0) is 22.9. The van der Waals surface area contributed by atoms with E-state index in [2.05, 4.69) is 19.9 Å². The van der Waals surface area contributed by atoms with E-state index in [9.17, 15) is 12.8 Å². The number of aromatic nitrogens is 3. The first-order valence-electron chi connectivity index (χ1n) is 9.86. The summed E-state index contributed by atoms with van der Waals surface area (Å²) < 4.78 is 44.5. The van der Waals surface area contributed by atoms with Gasteiger partial charge in [-0.25, -0.2) is 22.3 Å². The van der Waals surface area contributed by atoms with Gasteiger partial charge in [0, 0.05) is 42.4 Å². The van der Waals surface area contributed by atoms with Gasteiger partial charge >= 0.3 is 0 Å². The van der Waals surface area contributed by atoms with Crippen LogP contribution in [0.4, 0.5) is 9.52 Å². The molecule has 0 N–H and O–H groups in total. The minimum Gasteiger partial charge on any atom is -0.496 e. The molecule has 0 radical (unpaired) electrons. The number of nitrogens with zero attached hydrogens (tertiary/aromatic N) is 7. The second-order valence-electron chi connectivity index (χ2n) is 8.01. The van der Waals surface area contributed by atoms with Gasteiger partial charge < -0.3 is 9.64 Å². The van der Waals surface area contributed by atoms with Gasteiger partial charge in [0.1, 0.15) is 21.4 Å². The van der Waals surface area contributed by atoms with Crippen molar-refractivity contribution in [3.63, 3.8) is 0 Å². The molecule has 2 aromatic heterocycles. The molecule has 0 aliphatic carbocycles. The van der Waals surface area contributed by atoms with Crippen LogP contribution < -0.4 is 9.64 Å². The minimum absolute atomic E-state index is 0.0113. The average molecular weight is 480 g/mol. The molecular weight excluding hydrogens is 457 g/mol. The molecule has 170 valence electrons. The third-order valence-electron chi connectivity index (χ3n) is 5.65. The maximum atomic E-state index is 13.6. The second-order valence-corrected chi connectivity index (χ2v) is 11.1. The third kappa shape index (κ3) is 4.50. The third-order valence-corrected chi connectivity index (χ3v) is 7.77. The second kappa shape index (κ2) is 8.57. The van der Waals surface area contributed by atoms with Gasteiger partial charge in [-0.3, -0.25) is 0 Å². The summed E-state index contributed by atoms with van der Waals surface area (Å²) in [5, 5.41) is 9.14. The topological polar surface area (TPSA) is 126 Å². The van der Waals surface area contributed by atoms with Gasteiger partial charge in [-0.05, 0) is 35.9 Å². The molecule has 3 heterocycles. The van der Waals surface area contributed by atoms with Crippen LogP contribution in [0.15, 0.2) is 29.5 Å². The van der Waals surface area contributed by atoms with Crippen molar-refractivity contribution in [1.82, 2.24) is 14.6 Å². The molecule has 1 saturated heterocycles. The number of fused-ring (bicyclic) bond motifs is 1. The number of rotatable bonds is 7. The quantitative estimate of drug-likeness (QED) is 0.290. The molecule has 10 nitrogen and oxygen atoms in total. The summed E-state index contributed by atoms with van der Waals surface area (Å²) in [4.78, 5) is 10.0. The standard InChI is InChI=1S/C19H22FN7O3S2/c1-30-16-9-13(20)3-4-14(16)15-10-22-17-27(15)24-18(31-17)26-7-5-19(6-8-26,11-23-25-21)12-32(2,28)29/h3-4,9-10H,5-8,11-12H2,1-2H3. The Bertz CT molecular complexity index is 1290. The van der Waals surface area contributed by atoms with Crippen LogP contribution >= 0.6 is 11.3 Å². The van der Waals surface area contributed by atoms with Gasteiger partial charge in [-0.15, -0.1) is 5.10 Å². The van der Waals surface area contributed by atoms with Crippen LogP contribution in [0, 0.1) is 11.2 Å². The molecule has 0 amide bonds. The highest BCUT2D eigenvalue weighted by atomic mass is 32.2. The van der Waals surface area contributed by atoms with E-state index in [-0.39, 0.29) is 12.3 Å². The molecule has 1 fully saturated rings. The van der Waals surface area contributed by atoms with Crippen LogP contribution in [0.2, 0.25) is 0 Å². The zero-order valence-corrected chi connectivity index (χ0v) is 19.2. The molecule has 4 rings (SSSR count). The minimum atomic E-state index is -3.22. The number of hydrogen-bond donors (Lipinski definition) is 0. The van der Waals surface area contributed by atoms with E-state index in [0.717, 1.165) is 5.13 Å². The number of halogens is 1. The number of imidazole rings is 1. The molecule has 3 aromatic rings. The summed E-state index contributed by atoms with van der Waals surface area (Å²) in [5.41, 5.74) is 9.52. The maximum Gasteiger partial charge on any atom is 0.214 e. The average Bonchev–Trinajstić information content (AvgIpc) is 3.33. The van der Waals surface area contributed by atoms with Crippen molar-refractivity contribution >= 4 is 31.3 Å². The van der Waals surface area contributed by atoms with Crippen LogP contribution in [0.25, 0.3) is 26.7 Å². The first-order valence-corrected chi connectivity index (χ1v) is 12.7. The highest BCUT2D eigenvalue weighted by molar-refractivity contribution is 7.90. The van der Waals surface area contributed by atoms with Crippen molar-refractivity contribution in [3.8, 4) is 17.0 Å². The molecule has 0 spiro atoms. The van der Waals surface area contributed by atoms with Crippen molar-refractivity contribution in [2.24, 2.45) is 10.5 Å². The van der Waals surface area contributed by atoms with E-state index in [0.29, 0.717) is 47.9 Å². The Hall–Kier alpha value is -2.89. The number of anilines is 1. The fourth-order valence-electron chi connectivity index (χ4n) is 4.13. The number of azide groups is 1. The predicted molar refractivity (Wildman–Crippen MR) is 120 cm³/mol. The van der Waals surface area contributed by atoms with Crippen molar-refractivity contribution in [2.45, 2.75) is 12.8 Å². The van der Waals surface area contributed by atoms with Crippen molar-refractivity contribution in [3.05, 3.63) is 40.7 Å². The first kappa shape index (κ1) is 22.3. The van der Waals surface area contributed by atoms with Crippen LogP contribution in [0.5, 0.6) is 5.75 Å². The maximum absolute atomic E-state index is 13.6. The molecule has 1 aromatic carbocycles. The lowest BCUT2D eigenvalue weighted by Crippen LogP contribution is -2.45. The smallest absolute Gasteiger partial charge is 0.214 e. The van der Waals surface area contributed by atoms with Gasteiger partial charge in [-0.2, -0.15) is 0 Å². The number of ether oxygens (including phenoxy) is 1. The van der Waals surface area contributed by atoms with E-state index >= 15 is 0 Å².